The average Bonchev–Trinajstić information content (AvgIpc) is 2.34. The van der Waals surface area contributed by atoms with Gasteiger partial charge in [-0.05, 0) is 52.7 Å². The van der Waals surface area contributed by atoms with Gasteiger partial charge in [0.2, 0.25) is 0 Å². The van der Waals surface area contributed by atoms with Crippen LogP contribution in [0.4, 0.5) is 0 Å². The van der Waals surface area contributed by atoms with Gasteiger partial charge < -0.3 is 10.5 Å². The molecule has 2 rings (SSSR count). The maximum Gasteiger partial charge on any atom is 0.148 e. The van der Waals surface area contributed by atoms with E-state index in [9.17, 15) is 0 Å². The third-order valence-corrected chi connectivity index (χ3v) is 3.03. The van der Waals surface area contributed by atoms with Crippen LogP contribution in [0.15, 0.2) is 41.0 Å². The van der Waals surface area contributed by atoms with Crippen LogP contribution in [0.2, 0.25) is 0 Å². The molecule has 2 aromatic rings. The Bertz CT molecular complexity index is 529. The van der Waals surface area contributed by atoms with Crippen molar-refractivity contribution < 1.29 is 4.74 Å². The summed E-state index contributed by atoms with van der Waals surface area (Å²) in [5.41, 5.74) is 7.50. The SMILES string of the molecule is Cc1ncccc1Oc1ccc(CN)cc1Br. The van der Waals surface area contributed by atoms with E-state index in [1.807, 2.05) is 37.3 Å². The van der Waals surface area contributed by atoms with Crippen LogP contribution in [0, 0.1) is 6.92 Å². The molecule has 2 N–H and O–H groups in total. The van der Waals surface area contributed by atoms with Crippen molar-refractivity contribution in [3.63, 3.8) is 0 Å². The zero-order valence-electron chi connectivity index (χ0n) is 9.48. The van der Waals surface area contributed by atoms with Gasteiger partial charge in [-0.1, -0.05) is 6.07 Å². The van der Waals surface area contributed by atoms with Crippen LogP contribution in [-0.2, 0) is 6.54 Å². The van der Waals surface area contributed by atoms with E-state index >= 15 is 0 Å². The summed E-state index contributed by atoms with van der Waals surface area (Å²) in [6, 6.07) is 9.56. The number of pyridine rings is 1. The smallest absolute Gasteiger partial charge is 0.148 e. The topological polar surface area (TPSA) is 48.1 Å². The molecule has 0 amide bonds. The number of benzene rings is 1. The van der Waals surface area contributed by atoms with Gasteiger partial charge in [0.1, 0.15) is 11.5 Å². The zero-order valence-corrected chi connectivity index (χ0v) is 11.1. The summed E-state index contributed by atoms with van der Waals surface area (Å²) in [5, 5.41) is 0. The lowest BCUT2D eigenvalue weighted by molar-refractivity contribution is 0.472. The second-order valence-electron chi connectivity index (χ2n) is 3.66. The largest absolute Gasteiger partial charge is 0.454 e. The van der Waals surface area contributed by atoms with Gasteiger partial charge in [-0.25, -0.2) is 0 Å². The van der Waals surface area contributed by atoms with E-state index in [0.717, 1.165) is 27.2 Å². The van der Waals surface area contributed by atoms with Crippen LogP contribution in [0.25, 0.3) is 0 Å². The van der Waals surface area contributed by atoms with Crippen LogP contribution >= 0.6 is 15.9 Å². The molecular formula is C13H13BrN2O. The molecule has 0 saturated carbocycles. The van der Waals surface area contributed by atoms with E-state index < -0.39 is 0 Å². The number of nitrogens with zero attached hydrogens (tertiary/aromatic N) is 1. The summed E-state index contributed by atoms with van der Waals surface area (Å²) in [7, 11) is 0. The maximum absolute atomic E-state index is 5.79. The minimum atomic E-state index is 0.519. The van der Waals surface area contributed by atoms with Crippen LogP contribution in [-0.4, -0.2) is 4.98 Å². The molecule has 0 saturated heterocycles. The highest BCUT2D eigenvalue weighted by molar-refractivity contribution is 9.10. The standard InChI is InChI=1S/C13H13BrN2O/c1-9-12(3-2-6-16-9)17-13-5-4-10(8-15)7-11(13)14/h2-7H,8,15H2,1H3. The molecular weight excluding hydrogens is 280 g/mol. The quantitative estimate of drug-likeness (QED) is 0.943. The summed E-state index contributed by atoms with van der Waals surface area (Å²) in [4.78, 5) is 4.18. The summed E-state index contributed by atoms with van der Waals surface area (Å²) >= 11 is 3.47. The molecule has 1 aromatic heterocycles. The van der Waals surface area contributed by atoms with Gasteiger partial charge in [0.05, 0.1) is 10.2 Å². The first-order valence-electron chi connectivity index (χ1n) is 5.28. The van der Waals surface area contributed by atoms with E-state index in [0.29, 0.717) is 6.54 Å². The monoisotopic (exact) mass is 292 g/mol. The molecule has 3 nitrogen and oxygen atoms in total. The van der Waals surface area contributed by atoms with Gasteiger partial charge >= 0.3 is 0 Å². The molecule has 0 bridgehead atoms. The van der Waals surface area contributed by atoms with E-state index in [-0.39, 0.29) is 0 Å². The van der Waals surface area contributed by atoms with Gasteiger partial charge in [0.15, 0.2) is 0 Å². The highest BCUT2D eigenvalue weighted by atomic mass is 79.9. The number of hydrogen-bond donors (Lipinski definition) is 1. The Morgan fingerprint density at radius 1 is 1.29 bits per heavy atom. The number of aromatic nitrogens is 1. The van der Waals surface area contributed by atoms with Crippen molar-refractivity contribution in [1.29, 1.82) is 0 Å². The molecule has 0 radical (unpaired) electrons. The molecule has 88 valence electrons. The van der Waals surface area contributed by atoms with Crippen molar-refractivity contribution in [2.24, 2.45) is 5.73 Å². The Balaban J connectivity index is 2.28. The van der Waals surface area contributed by atoms with Gasteiger partial charge in [-0.2, -0.15) is 0 Å². The second-order valence-corrected chi connectivity index (χ2v) is 4.51. The zero-order chi connectivity index (χ0) is 12.3. The molecule has 17 heavy (non-hydrogen) atoms. The molecule has 4 heteroatoms. The summed E-state index contributed by atoms with van der Waals surface area (Å²) in [6.07, 6.45) is 1.74. The molecule has 1 heterocycles. The first-order chi connectivity index (χ1) is 8.20. The van der Waals surface area contributed by atoms with Crippen LogP contribution < -0.4 is 10.5 Å². The molecule has 0 fully saturated rings. The predicted octanol–water partition coefficient (Wildman–Crippen LogP) is 3.40. The lowest BCUT2D eigenvalue weighted by Gasteiger charge is -2.10. The van der Waals surface area contributed by atoms with Crippen molar-refractivity contribution >= 4 is 15.9 Å². The van der Waals surface area contributed by atoms with E-state index in [2.05, 4.69) is 20.9 Å². The Labute approximate surface area is 109 Å². The van der Waals surface area contributed by atoms with E-state index in [1.165, 1.54) is 0 Å². The first kappa shape index (κ1) is 12.1. The molecule has 0 aliphatic heterocycles. The minimum absolute atomic E-state index is 0.519. The number of ether oxygens (including phenoxy) is 1. The Hall–Kier alpha value is -1.39. The number of hydrogen-bond acceptors (Lipinski definition) is 3. The molecule has 0 spiro atoms. The number of rotatable bonds is 3. The lowest BCUT2D eigenvalue weighted by atomic mass is 10.2. The van der Waals surface area contributed by atoms with Gasteiger partial charge in [0.25, 0.3) is 0 Å². The fourth-order valence-electron chi connectivity index (χ4n) is 1.45. The third-order valence-electron chi connectivity index (χ3n) is 2.41. The van der Waals surface area contributed by atoms with Crippen LogP contribution in [0.5, 0.6) is 11.5 Å². The van der Waals surface area contributed by atoms with Crippen molar-refractivity contribution in [2.45, 2.75) is 13.5 Å². The highest BCUT2D eigenvalue weighted by Gasteiger charge is 2.05. The lowest BCUT2D eigenvalue weighted by Crippen LogP contribution is -1.96. The van der Waals surface area contributed by atoms with Gasteiger partial charge in [-0.3, -0.25) is 4.98 Å². The van der Waals surface area contributed by atoms with Crippen molar-refractivity contribution in [2.75, 3.05) is 0 Å². The normalized spacial score (nSPS) is 10.3. The summed E-state index contributed by atoms with van der Waals surface area (Å²) in [5.74, 6) is 1.52. The molecule has 0 atom stereocenters. The number of halogens is 1. The fourth-order valence-corrected chi connectivity index (χ4v) is 1.96. The maximum atomic E-state index is 5.79. The average molecular weight is 293 g/mol. The minimum Gasteiger partial charge on any atom is -0.454 e. The van der Waals surface area contributed by atoms with E-state index in [4.69, 9.17) is 10.5 Å². The number of aryl methyl sites for hydroxylation is 1. The fraction of sp³-hybridized carbons (Fsp3) is 0.154. The number of nitrogens with two attached hydrogens (primary N) is 1. The predicted molar refractivity (Wildman–Crippen MR) is 71.1 cm³/mol. The Morgan fingerprint density at radius 3 is 2.76 bits per heavy atom. The first-order valence-corrected chi connectivity index (χ1v) is 6.08. The second kappa shape index (κ2) is 5.29. The summed E-state index contributed by atoms with van der Waals surface area (Å²) in [6.45, 7) is 2.43. The van der Waals surface area contributed by atoms with Crippen LogP contribution in [0.1, 0.15) is 11.3 Å². The molecule has 0 aliphatic carbocycles. The Kier molecular flexibility index (Phi) is 3.76. The van der Waals surface area contributed by atoms with Crippen molar-refractivity contribution in [1.82, 2.24) is 4.98 Å². The summed E-state index contributed by atoms with van der Waals surface area (Å²) < 4.78 is 6.68. The van der Waals surface area contributed by atoms with Crippen LogP contribution in [0.3, 0.4) is 0 Å². The molecule has 0 unspecified atom stereocenters. The van der Waals surface area contributed by atoms with Crippen molar-refractivity contribution in [3.05, 3.63) is 52.3 Å². The van der Waals surface area contributed by atoms with Gasteiger partial charge in [-0.15, -0.1) is 0 Å². The van der Waals surface area contributed by atoms with Gasteiger partial charge in [0, 0.05) is 12.7 Å². The Morgan fingerprint density at radius 2 is 2.12 bits per heavy atom. The third kappa shape index (κ3) is 2.84. The molecule has 0 aliphatic rings. The van der Waals surface area contributed by atoms with E-state index in [1.54, 1.807) is 6.20 Å². The van der Waals surface area contributed by atoms with Crippen molar-refractivity contribution in [3.8, 4) is 11.5 Å². The molecule has 1 aromatic carbocycles. The highest BCUT2D eigenvalue weighted by Crippen LogP contribution is 2.31.